The van der Waals surface area contributed by atoms with E-state index in [2.05, 4.69) is 34.2 Å². The van der Waals surface area contributed by atoms with Gasteiger partial charge in [-0.2, -0.15) is 9.40 Å². The van der Waals surface area contributed by atoms with Gasteiger partial charge in [0.2, 0.25) is 10.0 Å². The molecule has 0 amide bonds. The second-order valence-electron chi connectivity index (χ2n) is 6.69. The first-order chi connectivity index (χ1) is 10.2. The molecule has 120 valence electrons. The lowest BCUT2D eigenvalue weighted by molar-refractivity contribution is 0.206. The number of aryl methyl sites for hydroxylation is 1. The largest absolute Gasteiger partial charge is 0.367 e. The number of hydrogen-bond acceptors (Lipinski definition) is 4. The Kier molecular flexibility index (Phi) is 3.45. The summed E-state index contributed by atoms with van der Waals surface area (Å²) in [6, 6.07) is 4.23. The number of rotatable bonds is 2. The van der Waals surface area contributed by atoms with Gasteiger partial charge in [-0.05, 0) is 38.5 Å². The Bertz CT molecular complexity index is 810. The molecule has 1 N–H and O–H groups in total. The van der Waals surface area contributed by atoms with Crippen molar-refractivity contribution in [3.8, 4) is 0 Å². The number of benzene rings is 1. The molecule has 1 aromatic heterocycles. The molecule has 3 rings (SSSR count). The summed E-state index contributed by atoms with van der Waals surface area (Å²) in [6.07, 6.45) is 3.11. The Morgan fingerprint density at radius 1 is 1.27 bits per heavy atom. The number of fused-ring (bicyclic) bond motifs is 1. The Morgan fingerprint density at radius 3 is 2.64 bits per heavy atom. The van der Waals surface area contributed by atoms with Crippen LogP contribution in [0.5, 0.6) is 0 Å². The molecular formula is C15H22N4O2S. The van der Waals surface area contributed by atoms with Gasteiger partial charge < -0.3 is 4.90 Å². The lowest BCUT2D eigenvalue weighted by atomic mass is 10.0. The lowest BCUT2D eigenvalue weighted by Crippen LogP contribution is -2.60. The smallest absolute Gasteiger partial charge is 0.211 e. The van der Waals surface area contributed by atoms with Crippen molar-refractivity contribution in [1.29, 1.82) is 0 Å². The summed E-state index contributed by atoms with van der Waals surface area (Å²) in [5.41, 5.74) is 2.83. The van der Waals surface area contributed by atoms with Crippen LogP contribution in [-0.4, -0.2) is 54.3 Å². The van der Waals surface area contributed by atoms with E-state index in [1.165, 1.54) is 11.8 Å². The number of H-pyrrole nitrogens is 1. The summed E-state index contributed by atoms with van der Waals surface area (Å²) in [6.45, 7) is 7.83. The van der Waals surface area contributed by atoms with Gasteiger partial charge in [0.25, 0.3) is 0 Å². The van der Waals surface area contributed by atoms with Crippen LogP contribution in [-0.2, 0) is 10.0 Å². The summed E-state index contributed by atoms with van der Waals surface area (Å²) < 4.78 is 25.5. The molecule has 0 bridgehead atoms. The molecule has 7 heteroatoms. The van der Waals surface area contributed by atoms with Crippen LogP contribution >= 0.6 is 0 Å². The molecule has 1 aliphatic heterocycles. The number of piperazine rings is 1. The van der Waals surface area contributed by atoms with Crippen LogP contribution in [0.1, 0.15) is 19.4 Å². The van der Waals surface area contributed by atoms with Gasteiger partial charge in [-0.1, -0.05) is 0 Å². The Morgan fingerprint density at radius 2 is 2.00 bits per heavy atom. The quantitative estimate of drug-likeness (QED) is 0.914. The molecule has 2 aromatic rings. The zero-order valence-electron chi connectivity index (χ0n) is 13.4. The van der Waals surface area contributed by atoms with E-state index in [1.807, 2.05) is 20.0 Å². The normalized spacial score (nSPS) is 19.7. The molecule has 2 heterocycles. The average molecular weight is 322 g/mol. The van der Waals surface area contributed by atoms with Crippen molar-refractivity contribution >= 4 is 26.6 Å². The average Bonchev–Trinajstić information content (AvgIpc) is 2.82. The van der Waals surface area contributed by atoms with Gasteiger partial charge >= 0.3 is 0 Å². The van der Waals surface area contributed by atoms with Crippen LogP contribution in [0.25, 0.3) is 10.9 Å². The Balaban J connectivity index is 1.99. The van der Waals surface area contributed by atoms with Crippen molar-refractivity contribution in [3.63, 3.8) is 0 Å². The lowest BCUT2D eigenvalue weighted by Gasteiger charge is -2.46. The van der Waals surface area contributed by atoms with Crippen molar-refractivity contribution in [1.82, 2.24) is 14.5 Å². The highest BCUT2D eigenvalue weighted by molar-refractivity contribution is 7.88. The first kappa shape index (κ1) is 15.3. The Labute approximate surface area is 131 Å². The predicted octanol–water partition coefficient (Wildman–Crippen LogP) is 1.73. The fraction of sp³-hybridized carbons (Fsp3) is 0.533. The summed E-state index contributed by atoms with van der Waals surface area (Å²) >= 11 is 0. The van der Waals surface area contributed by atoms with Gasteiger partial charge in [0.05, 0.1) is 23.7 Å². The minimum atomic E-state index is -3.19. The molecule has 1 fully saturated rings. The molecule has 0 saturated carbocycles. The maximum Gasteiger partial charge on any atom is 0.211 e. The zero-order chi connectivity index (χ0) is 16.1. The predicted molar refractivity (Wildman–Crippen MR) is 88.7 cm³/mol. The van der Waals surface area contributed by atoms with E-state index >= 15 is 0 Å². The third kappa shape index (κ3) is 2.59. The van der Waals surface area contributed by atoms with E-state index in [-0.39, 0.29) is 0 Å². The van der Waals surface area contributed by atoms with Gasteiger partial charge in [-0.15, -0.1) is 0 Å². The van der Waals surface area contributed by atoms with Crippen LogP contribution in [0.4, 0.5) is 5.69 Å². The van der Waals surface area contributed by atoms with E-state index in [4.69, 9.17) is 0 Å². The molecule has 0 unspecified atom stereocenters. The molecule has 0 aliphatic carbocycles. The van der Waals surface area contributed by atoms with Crippen LogP contribution in [0, 0.1) is 6.92 Å². The molecule has 1 aliphatic rings. The highest BCUT2D eigenvalue weighted by Crippen LogP contribution is 2.32. The second kappa shape index (κ2) is 4.96. The molecule has 6 nitrogen and oxygen atoms in total. The standard InChI is InChI=1S/C15H22N4O2S/c1-11-7-12-9-16-17-14(12)13(8-11)18-5-6-19(22(4,20)21)15(2,3)10-18/h7-9H,5-6,10H2,1-4H3,(H,16,17). The van der Waals surface area contributed by atoms with E-state index in [0.717, 1.165) is 16.6 Å². The molecular weight excluding hydrogens is 300 g/mol. The number of aromatic amines is 1. The monoisotopic (exact) mass is 322 g/mol. The van der Waals surface area contributed by atoms with E-state index < -0.39 is 15.6 Å². The van der Waals surface area contributed by atoms with E-state index in [0.29, 0.717) is 19.6 Å². The van der Waals surface area contributed by atoms with Crippen molar-refractivity contribution < 1.29 is 8.42 Å². The topological polar surface area (TPSA) is 69.3 Å². The Hall–Kier alpha value is -1.60. The molecule has 22 heavy (non-hydrogen) atoms. The maximum atomic E-state index is 12.0. The van der Waals surface area contributed by atoms with Crippen LogP contribution in [0.15, 0.2) is 18.3 Å². The van der Waals surface area contributed by atoms with Crippen molar-refractivity contribution in [2.75, 3.05) is 30.8 Å². The molecule has 0 radical (unpaired) electrons. The maximum absolute atomic E-state index is 12.0. The first-order valence-corrected chi connectivity index (χ1v) is 9.20. The summed E-state index contributed by atoms with van der Waals surface area (Å²) in [7, 11) is -3.19. The molecule has 1 saturated heterocycles. The van der Waals surface area contributed by atoms with Gasteiger partial charge in [-0.3, -0.25) is 5.10 Å². The SMILES string of the molecule is Cc1cc(N2CCN(S(C)(=O)=O)C(C)(C)C2)c2[nH]ncc2c1. The number of nitrogens with zero attached hydrogens (tertiary/aromatic N) is 3. The molecule has 0 spiro atoms. The zero-order valence-corrected chi connectivity index (χ0v) is 14.2. The van der Waals surface area contributed by atoms with Crippen molar-refractivity contribution in [2.45, 2.75) is 26.3 Å². The minimum absolute atomic E-state index is 0.443. The van der Waals surface area contributed by atoms with Gasteiger partial charge in [-0.25, -0.2) is 8.42 Å². The number of hydrogen-bond donors (Lipinski definition) is 1. The number of sulfonamides is 1. The van der Waals surface area contributed by atoms with Gasteiger partial charge in [0, 0.05) is 30.6 Å². The summed E-state index contributed by atoms with van der Waals surface area (Å²) in [4.78, 5) is 2.25. The van der Waals surface area contributed by atoms with Crippen molar-refractivity contribution in [2.24, 2.45) is 0 Å². The van der Waals surface area contributed by atoms with Gasteiger partial charge in [0.1, 0.15) is 0 Å². The van der Waals surface area contributed by atoms with Crippen LogP contribution in [0.2, 0.25) is 0 Å². The minimum Gasteiger partial charge on any atom is -0.367 e. The van der Waals surface area contributed by atoms with Crippen LogP contribution in [0.3, 0.4) is 0 Å². The summed E-state index contributed by atoms with van der Waals surface area (Å²) in [5.74, 6) is 0. The number of nitrogens with one attached hydrogen (secondary N) is 1. The number of aromatic nitrogens is 2. The fourth-order valence-electron chi connectivity index (χ4n) is 3.39. The van der Waals surface area contributed by atoms with E-state index in [1.54, 1.807) is 4.31 Å². The second-order valence-corrected chi connectivity index (χ2v) is 8.59. The summed E-state index contributed by atoms with van der Waals surface area (Å²) in [5, 5.41) is 8.27. The number of anilines is 1. The molecule has 0 atom stereocenters. The highest BCUT2D eigenvalue weighted by atomic mass is 32.2. The van der Waals surface area contributed by atoms with Crippen LogP contribution < -0.4 is 4.90 Å². The van der Waals surface area contributed by atoms with Crippen molar-refractivity contribution in [3.05, 3.63) is 23.9 Å². The fourth-order valence-corrected chi connectivity index (χ4v) is 4.76. The first-order valence-electron chi connectivity index (χ1n) is 7.35. The van der Waals surface area contributed by atoms with Gasteiger partial charge in [0.15, 0.2) is 0 Å². The third-order valence-electron chi connectivity index (χ3n) is 4.24. The third-order valence-corrected chi connectivity index (χ3v) is 5.72. The molecule has 1 aromatic carbocycles. The van der Waals surface area contributed by atoms with E-state index in [9.17, 15) is 8.42 Å². The highest BCUT2D eigenvalue weighted by Gasteiger charge is 2.39.